The van der Waals surface area contributed by atoms with Crippen LogP contribution in [0.2, 0.25) is 0 Å². The van der Waals surface area contributed by atoms with E-state index in [2.05, 4.69) is 0 Å². The summed E-state index contributed by atoms with van der Waals surface area (Å²) in [5, 5.41) is 0. The number of likely N-dealkylation sites (N-methyl/N-ethyl adjacent to an activating group) is 1. The fourth-order valence-electron chi connectivity index (χ4n) is 1.77. The van der Waals surface area contributed by atoms with Gasteiger partial charge in [-0.2, -0.15) is 11.8 Å². The average Bonchev–Trinajstić information content (AvgIpc) is 2.45. The molecule has 0 heterocycles. The monoisotopic (exact) mass is 296 g/mol. The van der Waals surface area contributed by atoms with Crippen molar-refractivity contribution in [3.8, 4) is 5.75 Å². The Kier molecular flexibility index (Phi) is 7.47. The minimum atomic E-state index is -0.411. The smallest absolute Gasteiger partial charge is 0.239 e. The summed E-state index contributed by atoms with van der Waals surface area (Å²) in [6.45, 7) is 3.02. The number of thioether (sulfide) groups is 1. The standard InChI is InChI=1S/C15H24N2O2S/c1-12-6-4-5-7-14(12)19-10-9-17(2)15(18)13(16)8-11-20-3/h4-7,13H,8-11,16H2,1-3H3/t13-/m1/s1. The van der Waals surface area contributed by atoms with Crippen LogP contribution in [0, 0.1) is 6.92 Å². The van der Waals surface area contributed by atoms with Gasteiger partial charge in [-0.3, -0.25) is 4.79 Å². The summed E-state index contributed by atoms with van der Waals surface area (Å²) in [6, 6.07) is 7.44. The number of carbonyl (C=O) groups is 1. The number of rotatable bonds is 8. The van der Waals surface area contributed by atoms with Crippen LogP contribution in [0.3, 0.4) is 0 Å². The highest BCUT2D eigenvalue weighted by atomic mass is 32.2. The normalized spacial score (nSPS) is 12.0. The Balaban J connectivity index is 2.34. The zero-order chi connectivity index (χ0) is 15.0. The summed E-state index contributed by atoms with van der Waals surface area (Å²) in [5.41, 5.74) is 6.96. The summed E-state index contributed by atoms with van der Waals surface area (Å²) in [5.74, 6) is 1.74. The van der Waals surface area contributed by atoms with Crippen molar-refractivity contribution >= 4 is 17.7 Å². The lowest BCUT2D eigenvalue weighted by Crippen LogP contribution is -2.43. The summed E-state index contributed by atoms with van der Waals surface area (Å²) >= 11 is 1.70. The van der Waals surface area contributed by atoms with Crippen molar-refractivity contribution in [3.05, 3.63) is 29.8 Å². The first-order valence-corrected chi connectivity index (χ1v) is 8.13. The summed E-state index contributed by atoms with van der Waals surface area (Å²) in [4.78, 5) is 13.6. The third kappa shape index (κ3) is 5.43. The molecule has 0 aromatic heterocycles. The molecule has 5 heteroatoms. The molecule has 0 aliphatic heterocycles. The maximum absolute atomic E-state index is 12.0. The summed E-state index contributed by atoms with van der Waals surface area (Å²) in [6.07, 6.45) is 2.72. The van der Waals surface area contributed by atoms with E-state index < -0.39 is 6.04 Å². The number of benzene rings is 1. The Hall–Kier alpha value is -1.20. The highest BCUT2D eigenvalue weighted by Gasteiger charge is 2.17. The van der Waals surface area contributed by atoms with Crippen LogP contribution in [0.4, 0.5) is 0 Å². The van der Waals surface area contributed by atoms with Crippen LogP contribution < -0.4 is 10.5 Å². The van der Waals surface area contributed by atoms with E-state index in [1.54, 1.807) is 23.7 Å². The van der Waals surface area contributed by atoms with E-state index >= 15 is 0 Å². The Bertz CT molecular complexity index is 426. The van der Waals surface area contributed by atoms with Crippen molar-refractivity contribution < 1.29 is 9.53 Å². The van der Waals surface area contributed by atoms with Gasteiger partial charge in [-0.1, -0.05) is 18.2 Å². The van der Waals surface area contributed by atoms with Crippen molar-refractivity contribution in [1.29, 1.82) is 0 Å². The number of para-hydroxylation sites is 1. The molecule has 1 aromatic carbocycles. The molecule has 112 valence electrons. The zero-order valence-electron chi connectivity index (χ0n) is 12.5. The third-order valence-corrected chi connectivity index (χ3v) is 3.75. The molecule has 20 heavy (non-hydrogen) atoms. The zero-order valence-corrected chi connectivity index (χ0v) is 13.3. The molecule has 0 unspecified atom stereocenters. The van der Waals surface area contributed by atoms with Crippen molar-refractivity contribution in [2.45, 2.75) is 19.4 Å². The van der Waals surface area contributed by atoms with Crippen LogP contribution in [0.1, 0.15) is 12.0 Å². The molecule has 0 spiro atoms. The van der Waals surface area contributed by atoms with E-state index in [1.165, 1.54) is 0 Å². The van der Waals surface area contributed by atoms with Crippen LogP contribution in [0.15, 0.2) is 24.3 Å². The number of aryl methyl sites for hydroxylation is 1. The number of hydrogen-bond donors (Lipinski definition) is 1. The molecule has 0 radical (unpaired) electrons. The molecule has 1 atom stereocenters. The highest BCUT2D eigenvalue weighted by Crippen LogP contribution is 2.15. The van der Waals surface area contributed by atoms with Gasteiger partial charge in [0, 0.05) is 7.05 Å². The molecule has 2 N–H and O–H groups in total. The Morgan fingerprint density at radius 3 is 2.80 bits per heavy atom. The fraction of sp³-hybridized carbons (Fsp3) is 0.533. The van der Waals surface area contributed by atoms with Crippen molar-refractivity contribution in [1.82, 2.24) is 4.90 Å². The quantitative estimate of drug-likeness (QED) is 0.796. The van der Waals surface area contributed by atoms with Crippen molar-refractivity contribution in [3.63, 3.8) is 0 Å². The molecule has 0 aliphatic carbocycles. The number of hydrogen-bond acceptors (Lipinski definition) is 4. The minimum absolute atomic E-state index is 0.0209. The number of carbonyl (C=O) groups excluding carboxylic acids is 1. The van der Waals surface area contributed by atoms with E-state index in [4.69, 9.17) is 10.5 Å². The van der Waals surface area contributed by atoms with Gasteiger partial charge < -0.3 is 15.4 Å². The number of nitrogens with zero attached hydrogens (tertiary/aromatic N) is 1. The molecular formula is C15H24N2O2S. The van der Waals surface area contributed by atoms with Crippen molar-refractivity contribution in [2.24, 2.45) is 5.73 Å². The molecular weight excluding hydrogens is 272 g/mol. The molecule has 0 fully saturated rings. The van der Waals surface area contributed by atoms with Gasteiger partial charge in [-0.25, -0.2) is 0 Å². The van der Waals surface area contributed by atoms with Gasteiger partial charge in [0.05, 0.1) is 12.6 Å². The molecule has 0 bridgehead atoms. The molecule has 4 nitrogen and oxygen atoms in total. The second kappa shape index (κ2) is 8.87. The highest BCUT2D eigenvalue weighted by molar-refractivity contribution is 7.98. The predicted octanol–water partition coefficient (Wildman–Crippen LogP) is 1.91. The van der Waals surface area contributed by atoms with Crippen LogP contribution in [0.25, 0.3) is 0 Å². The lowest BCUT2D eigenvalue weighted by atomic mass is 10.2. The van der Waals surface area contributed by atoms with Crippen LogP contribution in [0.5, 0.6) is 5.75 Å². The number of ether oxygens (including phenoxy) is 1. The van der Waals surface area contributed by atoms with Crippen LogP contribution in [-0.4, -0.2) is 49.1 Å². The molecule has 1 amide bonds. The van der Waals surface area contributed by atoms with E-state index in [0.29, 0.717) is 19.6 Å². The minimum Gasteiger partial charge on any atom is -0.491 e. The first kappa shape index (κ1) is 16.9. The van der Waals surface area contributed by atoms with Crippen molar-refractivity contribution in [2.75, 3.05) is 32.2 Å². The lowest BCUT2D eigenvalue weighted by molar-refractivity contribution is -0.131. The van der Waals surface area contributed by atoms with Crippen LogP contribution in [-0.2, 0) is 4.79 Å². The number of nitrogens with two attached hydrogens (primary N) is 1. The molecule has 1 aromatic rings. The topological polar surface area (TPSA) is 55.6 Å². The molecule has 0 aliphatic rings. The Morgan fingerprint density at radius 2 is 2.15 bits per heavy atom. The van der Waals surface area contributed by atoms with Gasteiger partial charge in [0.1, 0.15) is 12.4 Å². The summed E-state index contributed by atoms with van der Waals surface area (Å²) in [7, 11) is 1.77. The largest absolute Gasteiger partial charge is 0.491 e. The van der Waals surface area contributed by atoms with Gasteiger partial charge >= 0.3 is 0 Å². The molecule has 0 saturated carbocycles. The third-order valence-electron chi connectivity index (χ3n) is 3.10. The Morgan fingerprint density at radius 1 is 1.45 bits per heavy atom. The fourth-order valence-corrected chi connectivity index (χ4v) is 2.26. The van der Waals surface area contributed by atoms with E-state index in [9.17, 15) is 4.79 Å². The number of amides is 1. The van der Waals surface area contributed by atoms with E-state index in [0.717, 1.165) is 17.1 Å². The SMILES string of the molecule is CSCC[C@@H](N)C(=O)N(C)CCOc1ccccc1C. The maximum atomic E-state index is 12.0. The van der Waals surface area contributed by atoms with Gasteiger partial charge in [-0.15, -0.1) is 0 Å². The first-order chi connectivity index (χ1) is 9.56. The second-order valence-electron chi connectivity index (χ2n) is 4.76. The molecule has 1 rings (SSSR count). The average molecular weight is 296 g/mol. The second-order valence-corrected chi connectivity index (χ2v) is 5.75. The van der Waals surface area contributed by atoms with Crippen LogP contribution >= 0.6 is 11.8 Å². The lowest BCUT2D eigenvalue weighted by Gasteiger charge is -2.21. The van der Waals surface area contributed by atoms with E-state index in [-0.39, 0.29) is 5.91 Å². The Labute approximate surface area is 125 Å². The first-order valence-electron chi connectivity index (χ1n) is 6.74. The maximum Gasteiger partial charge on any atom is 0.239 e. The van der Waals surface area contributed by atoms with Gasteiger partial charge in [0.15, 0.2) is 0 Å². The van der Waals surface area contributed by atoms with E-state index in [1.807, 2.05) is 37.4 Å². The predicted molar refractivity (Wildman–Crippen MR) is 85.3 cm³/mol. The summed E-state index contributed by atoms with van der Waals surface area (Å²) < 4.78 is 5.68. The van der Waals surface area contributed by atoms with Gasteiger partial charge in [0.25, 0.3) is 0 Å². The van der Waals surface area contributed by atoms with Gasteiger partial charge in [0.2, 0.25) is 5.91 Å². The molecule has 0 saturated heterocycles. The van der Waals surface area contributed by atoms with Gasteiger partial charge in [-0.05, 0) is 37.0 Å².